The molecule has 0 saturated carbocycles. The van der Waals surface area contributed by atoms with Crippen LogP contribution in [0.25, 0.3) is 0 Å². The molecule has 0 aromatic carbocycles. The average Bonchev–Trinajstić information content (AvgIpc) is 2.47. The third-order valence-electron chi connectivity index (χ3n) is 4.33. The number of carbonyl (C=O) groups is 1. The number of hydrogen-bond acceptors (Lipinski definition) is 3. The molecule has 4 nitrogen and oxygen atoms in total. The van der Waals surface area contributed by atoms with Gasteiger partial charge in [-0.1, -0.05) is 0 Å². The topological polar surface area (TPSA) is 36.4 Å². The minimum Gasteiger partial charge on any atom is -0.339 e. The van der Waals surface area contributed by atoms with E-state index in [2.05, 4.69) is 30.8 Å². The Balaban J connectivity index is 1.89. The van der Waals surface area contributed by atoms with Crippen LogP contribution in [0.5, 0.6) is 0 Å². The summed E-state index contributed by atoms with van der Waals surface area (Å²) in [7, 11) is 2.13. The van der Waals surface area contributed by atoms with Gasteiger partial charge in [-0.2, -0.15) is 0 Å². The van der Waals surface area contributed by atoms with Crippen molar-refractivity contribution in [3.63, 3.8) is 0 Å². The summed E-state index contributed by atoms with van der Waals surface area (Å²) in [6, 6.07) is 1.99. The summed E-state index contributed by atoms with van der Waals surface area (Å²) >= 11 is 0. The Bertz CT molecular complexity index is 484. The van der Waals surface area contributed by atoms with Crippen molar-refractivity contribution in [1.29, 1.82) is 0 Å². The van der Waals surface area contributed by atoms with Crippen molar-refractivity contribution in [2.24, 2.45) is 5.92 Å². The third kappa shape index (κ3) is 4.00. The van der Waals surface area contributed by atoms with Crippen LogP contribution in [-0.2, 0) is 0 Å². The van der Waals surface area contributed by atoms with E-state index in [-0.39, 0.29) is 11.5 Å². The smallest absolute Gasteiger partial charge is 0.256 e. The summed E-state index contributed by atoms with van der Waals surface area (Å²) in [5.41, 5.74) is 0.128. The third-order valence-corrected chi connectivity index (χ3v) is 4.33. The van der Waals surface area contributed by atoms with Gasteiger partial charge in [0.2, 0.25) is 0 Å². The first-order valence-corrected chi connectivity index (χ1v) is 7.58. The highest BCUT2D eigenvalue weighted by Gasteiger charge is 2.26. The number of nitrogens with zero attached hydrogens (tertiary/aromatic N) is 3. The zero-order valence-corrected chi connectivity index (χ0v) is 13.1. The van der Waals surface area contributed by atoms with Crippen molar-refractivity contribution in [2.75, 3.05) is 26.7 Å². The number of piperidine rings is 1. The first-order valence-electron chi connectivity index (χ1n) is 7.58. The maximum atomic E-state index is 13.6. The van der Waals surface area contributed by atoms with Gasteiger partial charge in [0.1, 0.15) is 0 Å². The monoisotopic (exact) mass is 293 g/mol. The summed E-state index contributed by atoms with van der Waals surface area (Å²) in [5.74, 6) is -0.140. The highest BCUT2D eigenvalue weighted by molar-refractivity contribution is 5.94. The predicted octanol–water partition coefficient (Wildman–Crippen LogP) is 2.41. The molecule has 1 aliphatic heterocycles. The van der Waals surface area contributed by atoms with Crippen LogP contribution < -0.4 is 0 Å². The quantitative estimate of drug-likeness (QED) is 0.855. The molecule has 1 fully saturated rings. The normalized spacial score (nSPS) is 16.8. The Hall–Kier alpha value is -1.49. The van der Waals surface area contributed by atoms with E-state index in [9.17, 15) is 9.18 Å². The van der Waals surface area contributed by atoms with Gasteiger partial charge in [0, 0.05) is 31.9 Å². The number of likely N-dealkylation sites (tertiary alicyclic amines) is 1. The van der Waals surface area contributed by atoms with Gasteiger partial charge in [-0.05, 0) is 45.7 Å². The first-order chi connectivity index (χ1) is 9.99. The molecule has 5 heteroatoms. The van der Waals surface area contributed by atoms with Gasteiger partial charge in [0.05, 0.1) is 11.8 Å². The van der Waals surface area contributed by atoms with E-state index < -0.39 is 5.82 Å². The van der Waals surface area contributed by atoms with Gasteiger partial charge in [-0.25, -0.2) is 4.39 Å². The number of carbonyl (C=O) groups excluding carboxylic acids is 1. The SMILES string of the molecule is CC(C)N(C)CC1CCN(C(=O)c2ccncc2F)CC1. The Labute approximate surface area is 126 Å². The molecule has 1 saturated heterocycles. The predicted molar refractivity (Wildman–Crippen MR) is 80.6 cm³/mol. The Morgan fingerprint density at radius 3 is 2.71 bits per heavy atom. The lowest BCUT2D eigenvalue weighted by Crippen LogP contribution is -2.42. The molecule has 0 aliphatic carbocycles. The maximum absolute atomic E-state index is 13.6. The van der Waals surface area contributed by atoms with Crippen molar-refractivity contribution in [3.8, 4) is 0 Å². The average molecular weight is 293 g/mol. The van der Waals surface area contributed by atoms with Crippen LogP contribution >= 0.6 is 0 Å². The molecule has 0 atom stereocenters. The van der Waals surface area contributed by atoms with Gasteiger partial charge in [-0.15, -0.1) is 0 Å². The Morgan fingerprint density at radius 2 is 2.14 bits per heavy atom. The van der Waals surface area contributed by atoms with Crippen molar-refractivity contribution < 1.29 is 9.18 Å². The lowest BCUT2D eigenvalue weighted by atomic mass is 9.95. The molecule has 0 bridgehead atoms. The van der Waals surface area contributed by atoms with Crippen molar-refractivity contribution in [1.82, 2.24) is 14.8 Å². The van der Waals surface area contributed by atoms with Crippen LogP contribution in [0.15, 0.2) is 18.5 Å². The van der Waals surface area contributed by atoms with E-state index in [0.29, 0.717) is 25.0 Å². The molecule has 2 rings (SSSR count). The minimum atomic E-state index is -0.538. The van der Waals surface area contributed by atoms with Gasteiger partial charge < -0.3 is 9.80 Å². The molecule has 1 aromatic heterocycles. The Morgan fingerprint density at radius 1 is 1.48 bits per heavy atom. The van der Waals surface area contributed by atoms with E-state index >= 15 is 0 Å². The fourth-order valence-electron chi connectivity index (χ4n) is 2.66. The summed E-state index contributed by atoms with van der Waals surface area (Å²) in [6.45, 7) is 6.84. The van der Waals surface area contributed by atoms with Gasteiger partial charge in [0.25, 0.3) is 5.91 Å². The molecule has 0 unspecified atom stereocenters. The summed E-state index contributed by atoms with van der Waals surface area (Å²) < 4.78 is 13.6. The molecule has 0 spiro atoms. The van der Waals surface area contributed by atoms with Gasteiger partial charge in [-0.3, -0.25) is 9.78 Å². The fourth-order valence-corrected chi connectivity index (χ4v) is 2.66. The highest BCUT2D eigenvalue weighted by Crippen LogP contribution is 2.21. The molecule has 0 radical (unpaired) electrons. The first kappa shape index (κ1) is 15.9. The van der Waals surface area contributed by atoms with E-state index in [4.69, 9.17) is 0 Å². The van der Waals surface area contributed by atoms with Crippen molar-refractivity contribution in [2.45, 2.75) is 32.7 Å². The molecule has 116 valence electrons. The second-order valence-electron chi connectivity index (χ2n) is 6.12. The van der Waals surface area contributed by atoms with Gasteiger partial charge in [0.15, 0.2) is 5.82 Å². The van der Waals surface area contributed by atoms with E-state index in [1.54, 1.807) is 4.90 Å². The zero-order valence-electron chi connectivity index (χ0n) is 13.1. The number of aromatic nitrogens is 1. The molecule has 0 N–H and O–H groups in total. The number of rotatable bonds is 4. The standard InChI is InChI=1S/C16H24FN3O/c1-12(2)19(3)11-13-5-8-20(9-6-13)16(21)14-4-7-18-10-15(14)17/h4,7,10,12-13H,5-6,8-9,11H2,1-3H3. The molecular formula is C16H24FN3O. The van der Waals surface area contributed by atoms with E-state index in [0.717, 1.165) is 25.6 Å². The number of pyridine rings is 1. The van der Waals surface area contributed by atoms with Crippen molar-refractivity contribution in [3.05, 3.63) is 29.8 Å². The Kier molecular flexibility index (Phi) is 5.28. The van der Waals surface area contributed by atoms with Crippen LogP contribution in [0.2, 0.25) is 0 Å². The molecule has 1 aliphatic rings. The second-order valence-corrected chi connectivity index (χ2v) is 6.12. The van der Waals surface area contributed by atoms with Crippen LogP contribution in [0.1, 0.15) is 37.0 Å². The summed E-state index contributed by atoms with van der Waals surface area (Å²) in [6.07, 6.45) is 4.52. The zero-order chi connectivity index (χ0) is 15.4. The lowest BCUT2D eigenvalue weighted by Gasteiger charge is -2.35. The van der Waals surface area contributed by atoms with Crippen LogP contribution in [0.3, 0.4) is 0 Å². The van der Waals surface area contributed by atoms with Crippen molar-refractivity contribution >= 4 is 5.91 Å². The maximum Gasteiger partial charge on any atom is 0.256 e. The van der Waals surface area contributed by atoms with Crippen LogP contribution in [0.4, 0.5) is 4.39 Å². The molecular weight excluding hydrogens is 269 g/mol. The number of hydrogen-bond donors (Lipinski definition) is 0. The summed E-state index contributed by atoms with van der Waals surface area (Å²) in [4.78, 5) is 20.1. The van der Waals surface area contributed by atoms with Crippen LogP contribution in [-0.4, -0.2) is 53.4 Å². The number of halogens is 1. The van der Waals surface area contributed by atoms with Gasteiger partial charge >= 0.3 is 0 Å². The largest absolute Gasteiger partial charge is 0.339 e. The van der Waals surface area contributed by atoms with E-state index in [1.165, 1.54) is 12.3 Å². The summed E-state index contributed by atoms with van der Waals surface area (Å²) in [5, 5.41) is 0. The fraction of sp³-hybridized carbons (Fsp3) is 0.625. The molecule has 1 aromatic rings. The highest BCUT2D eigenvalue weighted by atomic mass is 19.1. The molecule has 2 heterocycles. The second kappa shape index (κ2) is 6.98. The van der Waals surface area contributed by atoms with Crippen LogP contribution in [0, 0.1) is 11.7 Å². The molecule has 1 amide bonds. The molecule has 21 heavy (non-hydrogen) atoms. The number of amides is 1. The van der Waals surface area contributed by atoms with E-state index in [1.807, 2.05) is 0 Å². The lowest BCUT2D eigenvalue weighted by molar-refractivity contribution is 0.0661. The minimum absolute atomic E-state index is 0.128.